The van der Waals surface area contributed by atoms with Crippen LogP contribution in [-0.4, -0.2) is 56.7 Å². The molecule has 1 aliphatic heterocycles. The number of hydrogen-bond donors (Lipinski definition) is 0. The third-order valence-corrected chi connectivity index (χ3v) is 7.35. The van der Waals surface area contributed by atoms with Crippen LogP contribution >= 0.6 is 0 Å². The van der Waals surface area contributed by atoms with Crippen molar-refractivity contribution in [2.24, 2.45) is 0 Å². The number of rotatable bonds is 6. The van der Waals surface area contributed by atoms with E-state index in [1.807, 2.05) is 46.8 Å². The van der Waals surface area contributed by atoms with Crippen LogP contribution in [0.15, 0.2) is 54.6 Å². The van der Waals surface area contributed by atoms with E-state index in [0.717, 1.165) is 72.0 Å². The van der Waals surface area contributed by atoms with Crippen LogP contribution in [0.5, 0.6) is 0 Å². The van der Waals surface area contributed by atoms with Gasteiger partial charge in [0.2, 0.25) is 0 Å². The van der Waals surface area contributed by atoms with Gasteiger partial charge in [0, 0.05) is 38.2 Å². The van der Waals surface area contributed by atoms with Gasteiger partial charge in [-0.05, 0) is 48.6 Å². The van der Waals surface area contributed by atoms with Crippen molar-refractivity contribution < 1.29 is 4.79 Å². The lowest BCUT2D eigenvalue weighted by atomic mass is 9.86. The predicted molar refractivity (Wildman–Crippen MR) is 153 cm³/mol. The molecule has 0 radical (unpaired) electrons. The number of hydrogen-bond acceptors (Lipinski definition) is 5. The zero-order valence-corrected chi connectivity index (χ0v) is 23.2. The number of piperazine rings is 1. The van der Waals surface area contributed by atoms with Crippen molar-refractivity contribution in [1.82, 2.24) is 24.6 Å². The average Bonchev–Trinajstić information content (AvgIpc) is 3.27. The molecule has 1 saturated heterocycles. The molecule has 7 heteroatoms. The second-order valence-corrected chi connectivity index (χ2v) is 11.2. The fraction of sp³-hybridized carbons (Fsp3) is 0.419. The summed E-state index contributed by atoms with van der Waals surface area (Å²) in [6.45, 7) is 13.5. The monoisotopic (exact) mass is 510 g/mol. The molecule has 1 amide bonds. The van der Waals surface area contributed by atoms with Gasteiger partial charge in [0.1, 0.15) is 11.6 Å². The number of fused-ring (bicyclic) bond motifs is 1. The van der Waals surface area contributed by atoms with Gasteiger partial charge in [0.15, 0.2) is 5.65 Å². The van der Waals surface area contributed by atoms with Crippen molar-refractivity contribution in [3.63, 3.8) is 0 Å². The number of anilines is 1. The first-order valence-corrected chi connectivity index (χ1v) is 13.7. The van der Waals surface area contributed by atoms with E-state index < -0.39 is 0 Å². The van der Waals surface area contributed by atoms with Crippen molar-refractivity contribution in [2.45, 2.75) is 59.3 Å². The average molecular weight is 511 g/mol. The van der Waals surface area contributed by atoms with Crippen molar-refractivity contribution in [3.05, 3.63) is 77.2 Å². The van der Waals surface area contributed by atoms with Gasteiger partial charge in [-0.2, -0.15) is 5.10 Å². The lowest BCUT2D eigenvalue weighted by Crippen LogP contribution is -2.49. The molecular formula is C31H38N6O. The van der Waals surface area contributed by atoms with Crippen LogP contribution in [0.25, 0.3) is 16.7 Å². The minimum Gasteiger partial charge on any atom is -0.352 e. The van der Waals surface area contributed by atoms with E-state index in [2.05, 4.69) is 56.9 Å². The Labute approximate surface area is 225 Å². The van der Waals surface area contributed by atoms with Crippen molar-refractivity contribution in [2.75, 3.05) is 31.1 Å². The molecule has 38 heavy (non-hydrogen) atoms. The quantitative estimate of drug-likeness (QED) is 0.332. The predicted octanol–water partition coefficient (Wildman–Crippen LogP) is 5.73. The Kier molecular flexibility index (Phi) is 7.19. The van der Waals surface area contributed by atoms with Gasteiger partial charge in [-0.15, -0.1) is 0 Å². The molecular weight excluding hydrogens is 472 g/mol. The van der Waals surface area contributed by atoms with Crippen LogP contribution < -0.4 is 4.90 Å². The number of unbranched alkanes of at least 4 members (excludes halogenated alkanes) is 1. The van der Waals surface area contributed by atoms with Crippen LogP contribution in [0, 0.1) is 6.92 Å². The van der Waals surface area contributed by atoms with Crippen molar-refractivity contribution in [1.29, 1.82) is 0 Å². The fourth-order valence-electron chi connectivity index (χ4n) is 5.05. The summed E-state index contributed by atoms with van der Waals surface area (Å²) in [7, 11) is 0. The summed E-state index contributed by atoms with van der Waals surface area (Å²) in [6, 6.07) is 18.2. The van der Waals surface area contributed by atoms with Gasteiger partial charge >= 0.3 is 0 Å². The van der Waals surface area contributed by atoms with E-state index in [1.54, 1.807) is 0 Å². The zero-order chi connectivity index (χ0) is 26.9. The van der Waals surface area contributed by atoms with Crippen LogP contribution in [0.3, 0.4) is 0 Å². The summed E-state index contributed by atoms with van der Waals surface area (Å²) in [5.74, 6) is 1.88. The number of aromatic nitrogens is 4. The normalized spacial score (nSPS) is 14.3. The summed E-state index contributed by atoms with van der Waals surface area (Å²) >= 11 is 0. The maximum absolute atomic E-state index is 13.3. The van der Waals surface area contributed by atoms with Gasteiger partial charge in [0.05, 0.1) is 16.8 Å². The first kappa shape index (κ1) is 25.9. The third kappa shape index (κ3) is 5.15. The molecule has 7 nitrogen and oxygen atoms in total. The molecule has 0 saturated carbocycles. The SMILES string of the molecule is CCCCc1nc(N2CCN(C(=O)c3ccc(C(C)(C)C)cc3)CC2)c2c(C)nn(-c3ccccc3)c2n1. The zero-order valence-electron chi connectivity index (χ0n) is 23.2. The second-order valence-electron chi connectivity index (χ2n) is 11.2. The molecule has 0 unspecified atom stereocenters. The maximum Gasteiger partial charge on any atom is 0.253 e. The summed E-state index contributed by atoms with van der Waals surface area (Å²) in [4.78, 5) is 27.5. The van der Waals surface area contributed by atoms with Gasteiger partial charge in [-0.25, -0.2) is 14.6 Å². The van der Waals surface area contributed by atoms with E-state index in [4.69, 9.17) is 15.1 Å². The van der Waals surface area contributed by atoms with E-state index in [0.29, 0.717) is 13.1 Å². The highest BCUT2D eigenvalue weighted by molar-refractivity contribution is 5.95. The molecule has 5 rings (SSSR count). The molecule has 2 aromatic carbocycles. The number of para-hydroxylation sites is 1. The van der Waals surface area contributed by atoms with Crippen LogP contribution in [0.2, 0.25) is 0 Å². The summed E-state index contributed by atoms with van der Waals surface area (Å²) in [6.07, 6.45) is 2.96. The lowest BCUT2D eigenvalue weighted by Gasteiger charge is -2.36. The van der Waals surface area contributed by atoms with Crippen molar-refractivity contribution >= 4 is 22.8 Å². The molecule has 198 valence electrons. The van der Waals surface area contributed by atoms with Crippen LogP contribution in [-0.2, 0) is 11.8 Å². The third-order valence-electron chi connectivity index (χ3n) is 7.35. The smallest absolute Gasteiger partial charge is 0.253 e. The van der Waals surface area contributed by atoms with Gasteiger partial charge in [-0.1, -0.05) is 64.4 Å². The number of carbonyl (C=O) groups is 1. The first-order chi connectivity index (χ1) is 18.3. The van der Waals surface area contributed by atoms with E-state index in [-0.39, 0.29) is 11.3 Å². The number of amides is 1. The van der Waals surface area contributed by atoms with Crippen LogP contribution in [0.1, 0.15) is 68.0 Å². The molecule has 0 spiro atoms. The maximum atomic E-state index is 13.3. The molecule has 4 aromatic rings. The first-order valence-electron chi connectivity index (χ1n) is 13.7. The topological polar surface area (TPSA) is 67.2 Å². The van der Waals surface area contributed by atoms with Crippen molar-refractivity contribution in [3.8, 4) is 5.69 Å². The number of aryl methyl sites for hydroxylation is 2. The van der Waals surface area contributed by atoms with Gasteiger partial charge in [0.25, 0.3) is 5.91 Å². The van der Waals surface area contributed by atoms with E-state index in [1.165, 1.54) is 5.56 Å². The van der Waals surface area contributed by atoms with Gasteiger partial charge < -0.3 is 9.80 Å². The minimum atomic E-state index is 0.0680. The highest BCUT2D eigenvalue weighted by atomic mass is 16.2. The number of benzene rings is 2. The van der Waals surface area contributed by atoms with E-state index in [9.17, 15) is 4.79 Å². The summed E-state index contributed by atoms with van der Waals surface area (Å²) < 4.78 is 1.94. The lowest BCUT2D eigenvalue weighted by molar-refractivity contribution is 0.0746. The minimum absolute atomic E-state index is 0.0680. The molecule has 2 aromatic heterocycles. The molecule has 0 N–H and O–H groups in total. The number of carbonyl (C=O) groups excluding carboxylic acids is 1. The molecule has 0 atom stereocenters. The number of nitrogens with zero attached hydrogens (tertiary/aromatic N) is 6. The molecule has 0 aliphatic carbocycles. The molecule has 1 fully saturated rings. The highest BCUT2D eigenvalue weighted by Gasteiger charge is 2.27. The Hall–Kier alpha value is -3.74. The molecule has 0 bridgehead atoms. The Morgan fingerprint density at radius 2 is 1.61 bits per heavy atom. The summed E-state index contributed by atoms with van der Waals surface area (Å²) in [5, 5.41) is 5.86. The largest absolute Gasteiger partial charge is 0.352 e. The molecule has 3 heterocycles. The fourth-order valence-corrected chi connectivity index (χ4v) is 5.05. The van der Waals surface area contributed by atoms with Gasteiger partial charge in [-0.3, -0.25) is 4.79 Å². The highest BCUT2D eigenvalue weighted by Crippen LogP contribution is 2.30. The Morgan fingerprint density at radius 1 is 0.921 bits per heavy atom. The Morgan fingerprint density at radius 3 is 2.24 bits per heavy atom. The van der Waals surface area contributed by atoms with Crippen LogP contribution in [0.4, 0.5) is 5.82 Å². The molecule has 1 aliphatic rings. The second kappa shape index (κ2) is 10.6. The Balaban J connectivity index is 1.41. The van der Waals surface area contributed by atoms with E-state index >= 15 is 0 Å². The standard InChI is InChI=1S/C31H38N6O/c1-6-7-13-26-32-28(27-22(2)34-37(29(27)33-26)25-11-9-8-10-12-25)35-18-20-36(21-19-35)30(38)23-14-16-24(17-15-23)31(3,4)5/h8-12,14-17H,6-7,13,18-21H2,1-5H3. The summed E-state index contributed by atoms with van der Waals surface area (Å²) in [5.41, 5.74) is 4.80. The Bertz CT molecular complexity index is 1410.